The number of thiazole rings is 1. The average Bonchev–Trinajstić information content (AvgIpc) is 3.35. The van der Waals surface area contributed by atoms with E-state index in [4.69, 9.17) is 14.6 Å². The molecule has 198 valence electrons. The SMILES string of the molecule is Cc1cc(OCc2nc(-c3ccc(C(F)(F)F)cc3)cs2)c(-c2ccc(N(C)C)cc2)cc1OCC(=O)O. The zero-order chi connectivity index (χ0) is 27.4. The molecule has 6 nitrogen and oxygen atoms in total. The number of alkyl halides is 3. The molecule has 0 spiro atoms. The second kappa shape index (κ2) is 11.1. The standard InChI is InChI=1S/C28H25F3N2O4S/c1-17-12-25(22(13-24(17)37-15-27(34)35)18-6-10-21(11-7-18)33(2)3)36-14-26-32-23(16-38-26)19-4-8-20(9-5-19)28(29,30)31/h4-13,16H,14-15H2,1-3H3,(H,34,35). The van der Waals surface area contributed by atoms with Crippen molar-refractivity contribution in [3.63, 3.8) is 0 Å². The fraction of sp³-hybridized carbons (Fsp3) is 0.214. The summed E-state index contributed by atoms with van der Waals surface area (Å²) in [5, 5.41) is 11.4. The van der Waals surface area contributed by atoms with E-state index in [1.54, 1.807) is 24.4 Å². The van der Waals surface area contributed by atoms with Crippen LogP contribution in [0.2, 0.25) is 0 Å². The van der Waals surface area contributed by atoms with Gasteiger partial charge >= 0.3 is 12.1 Å². The van der Waals surface area contributed by atoms with Crippen molar-refractivity contribution in [3.8, 4) is 33.9 Å². The maximum atomic E-state index is 12.9. The molecule has 0 aliphatic rings. The number of carboxylic acids is 1. The number of anilines is 1. The number of benzene rings is 3. The molecule has 4 rings (SSSR count). The summed E-state index contributed by atoms with van der Waals surface area (Å²) in [6.45, 7) is 1.48. The first kappa shape index (κ1) is 27.0. The zero-order valence-electron chi connectivity index (χ0n) is 20.9. The molecule has 0 amide bonds. The van der Waals surface area contributed by atoms with Gasteiger partial charge in [0.1, 0.15) is 23.1 Å². The van der Waals surface area contributed by atoms with E-state index >= 15 is 0 Å². The highest BCUT2D eigenvalue weighted by molar-refractivity contribution is 7.09. The van der Waals surface area contributed by atoms with Crippen molar-refractivity contribution in [2.45, 2.75) is 19.7 Å². The third-order valence-corrected chi connectivity index (χ3v) is 6.56. The summed E-state index contributed by atoms with van der Waals surface area (Å²) >= 11 is 1.35. The molecule has 0 atom stereocenters. The normalized spacial score (nSPS) is 11.3. The summed E-state index contributed by atoms with van der Waals surface area (Å²) in [4.78, 5) is 17.5. The molecule has 10 heteroatoms. The van der Waals surface area contributed by atoms with Gasteiger partial charge in [0, 0.05) is 36.3 Å². The van der Waals surface area contributed by atoms with Gasteiger partial charge in [-0.2, -0.15) is 13.2 Å². The Morgan fingerprint density at radius 1 is 0.974 bits per heavy atom. The number of carboxylic acid groups (broad SMARTS) is 1. The third-order valence-electron chi connectivity index (χ3n) is 5.73. The third kappa shape index (κ3) is 6.44. The molecular weight excluding hydrogens is 517 g/mol. The summed E-state index contributed by atoms with van der Waals surface area (Å²) in [7, 11) is 3.89. The quantitative estimate of drug-likeness (QED) is 0.248. The number of carbonyl (C=O) groups is 1. The van der Waals surface area contributed by atoms with E-state index < -0.39 is 24.3 Å². The zero-order valence-corrected chi connectivity index (χ0v) is 21.7. The van der Waals surface area contributed by atoms with Gasteiger partial charge in [0.2, 0.25) is 0 Å². The van der Waals surface area contributed by atoms with Crippen LogP contribution in [0.25, 0.3) is 22.4 Å². The van der Waals surface area contributed by atoms with E-state index in [2.05, 4.69) is 4.98 Å². The molecule has 0 aliphatic heterocycles. The van der Waals surface area contributed by atoms with Crippen molar-refractivity contribution in [1.82, 2.24) is 4.98 Å². The molecule has 1 N–H and O–H groups in total. The van der Waals surface area contributed by atoms with E-state index in [1.807, 2.05) is 43.3 Å². The van der Waals surface area contributed by atoms with Crippen LogP contribution in [0.4, 0.5) is 18.9 Å². The second-order valence-corrected chi connectivity index (χ2v) is 9.67. The summed E-state index contributed by atoms with van der Waals surface area (Å²) in [6, 6.07) is 16.2. The van der Waals surface area contributed by atoms with Gasteiger partial charge in [0.15, 0.2) is 6.61 Å². The summed E-state index contributed by atoms with van der Waals surface area (Å²) in [6.07, 6.45) is -4.39. The van der Waals surface area contributed by atoms with Crippen LogP contribution in [-0.4, -0.2) is 36.8 Å². The van der Waals surface area contributed by atoms with Gasteiger partial charge in [-0.3, -0.25) is 0 Å². The van der Waals surface area contributed by atoms with Gasteiger partial charge in [-0.1, -0.05) is 24.3 Å². The Hall–Kier alpha value is -4.05. The summed E-state index contributed by atoms with van der Waals surface area (Å²) in [5.74, 6) is -0.0754. The van der Waals surface area contributed by atoms with Crippen LogP contribution >= 0.6 is 11.3 Å². The molecule has 38 heavy (non-hydrogen) atoms. The Kier molecular flexibility index (Phi) is 7.91. The molecule has 4 aromatic rings. The fourth-order valence-corrected chi connectivity index (χ4v) is 4.43. The monoisotopic (exact) mass is 542 g/mol. The number of aliphatic carboxylic acids is 1. The lowest BCUT2D eigenvalue weighted by molar-refractivity contribution is -0.139. The lowest BCUT2D eigenvalue weighted by Crippen LogP contribution is -2.10. The second-order valence-electron chi connectivity index (χ2n) is 8.73. The van der Waals surface area contributed by atoms with E-state index in [-0.39, 0.29) is 6.61 Å². The van der Waals surface area contributed by atoms with Crippen molar-refractivity contribution < 1.29 is 32.5 Å². The summed E-state index contributed by atoms with van der Waals surface area (Å²) in [5.41, 5.74) is 3.74. The van der Waals surface area contributed by atoms with Gasteiger partial charge in [0.25, 0.3) is 0 Å². The first-order valence-electron chi connectivity index (χ1n) is 11.5. The topological polar surface area (TPSA) is 71.9 Å². The average molecular weight is 543 g/mol. The minimum absolute atomic E-state index is 0.142. The number of nitrogens with zero attached hydrogens (tertiary/aromatic N) is 2. The predicted octanol–water partition coefficient (Wildman–Crippen LogP) is 6.91. The number of aromatic nitrogens is 1. The molecule has 0 saturated heterocycles. The fourth-order valence-electron chi connectivity index (χ4n) is 3.72. The number of rotatable bonds is 9. The number of hydrogen-bond acceptors (Lipinski definition) is 6. The largest absolute Gasteiger partial charge is 0.486 e. The van der Waals surface area contributed by atoms with Crippen molar-refractivity contribution in [1.29, 1.82) is 0 Å². The van der Waals surface area contributed by atoms with Crippen LogP contribution < -0.4 is 14.4 Å². The van der Waals surface area contributed by atoms with Crippen molar-refractivity contribution in [3.05, 3.63) is 82.2 Å². The molecule has 0 fully saturated rings. The van der Waals surface area contributed by atoms with Crippen LogP contribution in [-0.2, 0) is 17.6 Å². The minimum atomic E-state index is -4.39. The Balaban J connectivity index is 1.58. The molecule has 0 bridgehead atoms. The Morgan fingerprint density at radius 2 is 1.63 bits per heavy atom. The lowest BCUT2D eigenvalue weighted by Gasteiger charge is -2.17. The van der Waals surface area contributed by atoms with Crippen LogP contribution in [0.15, 0.2) is 66.0 Å². The number of halogens is 3. The van der Waals surface area contributed by atoms with Gasteiger partial charge in [-0.15, -0.1) is 11.3 Å². The molecule has 1 heterocycles. The van der Waals surface area contributed by atoms with E-state index in [0.717, 1.165) is 28.9 Å². The predicted molar refractivity (Wildman–Crippen MR) is 141 cm³/mol. The number of aryl methyl sites for hydroxylation is 1. The van der Waals surface area contributed by atoms with Crippen LogP contribution in [0.5, 0.6) is 11.5 Å². The number of ether oxygens (including phenoxy) is 2. The summed E-state index contributed by atoms with van der Waals surface area (Å²) < 4.78 is 50.2. The van der Waals surface area contributed by atoms with Gasteiger partial charge < -0.3 is 19.5 Å². The van der Waals surface area contributed by atoms with Crippen molar-refractivity contribution in [2.75, 3.05) is 25.6 Å². The maximum absolute atomic E-state index is 12.9. The first-order chi connectivity index (χ1) is 18.0. The van der Waals surface area contributed by atoms with E-state index in [9.17, 15) is 18.0 Å². The van der Waals surface area contributed by atoms with E-state index in [1.165, 1.54) is 23.5 Å². The molecule has 0 radical (unpaired) electrons. The molecular formula is C28H25F3N2O4S. The van der Waals surface area contributed by atoms with Crippen molar-refractivity contribution >= 4 is 23.0 Å². The Labute approximate surface area is 221 Å². The van der Waals surface area contributed by atoms with Crippen LogP contribution in [0.3, 0.4) is 0 Å². The highest BCUT2D eigenvalue weighted by atomic mass is 32.1. The highest BCUT2D eigenvalue weighted by Gasteiger charge is 2.30. The smallest absolute Gasteiger partial charge is 0.416 e. The minimum Gasteiger partial charge on any atom is -0.486 e. The van der Waals surface area contributed by atoms with Gasteiger partial charge in [-0.05, 0) is 54.4 Å². The molecule has 3 aromatic carbocycles. The van der Waals surface area contributed by atoms with Crippen molar-refractivity contribution in [2.24, 2.45) is 0 Å². The molecule has 0 aliphatic carbocycles. The highest BCUT2D eigenvalue weighted by Crippen LogP contribution is 2.38. The van der Waals surface area contributed by atoms with Gasteiger partial charge in [-0.25, -0.2) is 9.78 Å². The molecule has 0 saturated carbocycles. The Bertz CT molecular complexity index is 1420. The maximum Gasteiger partial charge on any atom is 0.416 e. The molecule has 0 unspecified atom stereocenters. The molecule has 1 aromatic heterocycles. The lowest BCUT2D eigenvalue weighted by atomic mass is 10.0. The van der Waals surface area contributed by atoms with E-state index in [0.29, 0.717) is 33.3 Å². The van der Waals surface area contributed by atoms with Gasteiger partial charge in [0.05, 0.1) is 11.3 Å². The van der Waals surface area contributed by atoms with Crippen LogP contribution in [0, 0.1) is 6.92 Å². The Morgan fingerprint density at radius 3 is 2.24 bits per heavy atom. The first-order valence-corrected chi connectivity index (χ1v) is 12.4. The number of hydrogen-bond donors (Lipinski definition) is 1. The van der Waals surface area contributed by atoms with Crippen LogP contribution in [0.1, 0.15) is 16.1 Å².